The van der Waals surface area contributed by atoms with E-state index in [1.54, 1.807) is 13.2 Å². The highest BCUT2D eigenvalue weighted by molar-refractivity contribution is 14.0. The number of aromatic amines is 1. The van der Waals surface area contributed by atoms with Crippen LogP contribution >= 0.6 is 24.0 Å². The first-order chi connectivity index (χ1) is 13.5. The number of aromatic nitrogens is 2. The van der Waals surface area contributed by atoms with Crippen LogP contribution in [0.5, 0.6) is 0 Å². The minimum Gasteiger partial charge on any atom is -0.352 e. The van der Waals surface area contributed by atoms with Crippen LogP contribution in [0.2, 0.25) is 0 Å². The second kappa shape index (κ2) is 10.3. The fourth-order valence-corrected chi connectivity index (χ4v) is 2.60. The van der Waals surface area contributed by atoms with Gasteiger partial charge >= 0.3 is 6.18 Å². The molecule has 0 aliphatic rings. The maximum atomic E-state index is 12.6. The van der Waals surface area contributed by atoms with Gasteiger partial charge in [-0.2, -0.15) is 13.2 Å². The molecule has 0 aliphatic carbocycles. The molecule has 29 heavy (non-hydrogen) atoms. The van der Waals surface area contributed by atoms with E-state index in [2.05, 4.69) is 25.6 Å². The fraction of sp³-hybridized carbons (Fsp3) is 0.200. The molecule has 0 saturated heterocycles. The topological polar surface area (TPSA) is 65.1 Å². The maximum absolute atomic E-state index is 12.6. The predicted molar refractivity (Wildman–Crippen MR) is 118 cm³/mol. The molecule has 5 nitrogen and oxygen atoms in total. The van der Waals surface area contributed by atoms with Crippen molar-refractivity contribution in [2.24, 2.45) is 4.99 Å². The van der Waals surface area contributed by atoms with E-state index in [0.29, 0.717) is 19.0 Å². The average Bonchev–Trinajstić information content (AvgIpc) is 3.17. The van der Waals surface area contributed by atoms with Crippen LogP contribution < -0.4 is 10.6 Å². The van der Waals surface area contributed by atoms with Crippen molar-refractivity contribution in [2.75, 3.05) is 7.05 Å². The van der Waals surface area contributed by atoms with Crippen molar-refractivity contribution in [3.05, 3.63) is 77.7 Å². The molecule has 3 aromatic rings. The number of halogens is 4. The monoisotopic (exact) mass is 515 g/mol. The number of nitrogens with one attached hydrogen (secondary N) is 3. The average molecular weight is 515 g/mol. The van der Waals surface area contributed by atoms with Gasteiger partial charge in [0.25, 0.3) is 0 Å². The lowest BCUT2D eigenvalue weighted by Crippen LogP contribution is -2.36. The molecule has 0 spiro atoms. The molecule has 1 heterocycles. The summed E-state index contributed by atoms with van der Waals surface area (Å²) in [5.41, 5.74) is 2.03. The van der Waals surface area contributed by atoms with Crippen molar-refractivity contribution < 1.29 is 13.2 Å². The molecule has 0 amide bonds. The number of benzene rings is 2. The zero-order chi connectivity index (χ0) is 20.0. The Morgan fingerprint density at radius 2 is 1.66 bits per heavy atom. The number of rotatable bonds is 5. The van der Waals surface area contributed by atoms with E-state index in [-0.39, 0.29) is 24.0 Å². The first kappa shape index (κ1) is 22.7. The second-order valence-corrected chi connectivity index (χ2v) is 6.08. The lowest BCUT2D eigenvalue weighted by molar-refractivity contribution is -0.137. The Balaban J connectivity index is 0.00000300. The summed E-state index contributed by atoms with van der Waals surface area (Å²) in [4.78, 5) is 11.7. The Labute approximate surface area is 183 Å². The van der Waals surface area contributed by atoms with E-state index < -0.39 is 11.7 Å². The summed E-state index contributed by atoms with van der Waals surface area (Å²) in [7, 11) is 1.62. The van der Waals surface area contributed by atoms with Crippen LogP contribution in [-0.4, -0.2) is 23.0 Å². The van der Waals surface area contributed by atoms with Gasteiger partial charge in [0.2, 0.25) is 0 Å². The number of hydrogen-bond donors (Lipinski definition) is 3. The van der Waals surface area contributed by atoms with Gasteiger partial charge in [0.15, 0.2) is 5.96 Å². The smallest absolute Gasteiger partial charge is 0.352 e. The van der Waals surface area contributed by atoms with Gasteiger partial charge in [-0.15, -0.1) is 24.0 Å². The number of H-pyrrole nitrogens is 1. The second-order valence-electron chi connectivity index (χ2n) is 6.08. The quantitative estimate of drug-likeness (QED) is 0.265. The number of alkyl halides is 3. The van der Waals surface area contributed by atoms with Crippen LogP contribution in [0.3, 0.4) is 0 Å². The Morgan fingerprint density at radius 3 is 2.28 bits per heavy atom. The van der Waals surface area contributed by atoms with Crippen LogP contribution in [0.1, 0.15) is 17.0 Å². The van der Waals surface area contributed by atoms with Crippen LogP contribution in [0, 0.1) is 0 Å². The minimum absolute atomic E-state index is 0. The zero-order valence-electron chi connectivity index (χ0n) is 15.6. The van der Waals surface area contributed by atoms with Gasteiger partial charge in [-0.1, -0.05) is 42.5 Å². The van der Waals surface area contributed by atoms with Gasteiger partial charge in [-0.05, 0) is 23.3 Å². The SMILES string of the molecule is CN=C(NCc1ccc(C(F)(F)F)cc1)NCc1ncc(-c2ccccc2)[nH]1.I. The van der Waals surface area contributed by atoms with Gasteiger partial charge in [0.1, 0.15) is 5.82 Å². The van der Waals surface area contributed by atoms with Gasteiger partial charge in [0.05, 0.1) is 24.0 Å². The Bertz CT molecular complexity index is 921. The van der Waals surface area contributed by atoms with E-state index >= 15 is 0 Å². The van der Waals surface area contributed by atoms with Crippen molar-refractivity contribution in [3.8, 4) is 11.3 Å². The molecule has 0 atom stereocenters. The maximum Gasteiger partial charge on any atom is 0.416 e. The summed E-state index contributed by atoms with van der Waals surface area (Å²) >= 11 is 0. The van der Waals surface area contributed by atoms with Crippen molar-refractivity contribution in [1.29, 1.82) is 0 Å². The number of aliphatic imine (C=N–C) groups is 1. The summed E-state index contributed by atoms with van der Waals surface area (Å²) in [6.45, 7) is 0.782. The van der Waals surface area contributed by atoms with E-state index in [1.807, 2.05) is 30.3 Å². The fourth-order valence-electron chi connectivity index (χ4n) is 2.60. The summed E-state index contributed by atoms with van der Waals surface area (Å²) < 4.78 is 37.8. The standard InChI is InChI=1S/C20H20F3N5.HI/c1-24-19(26-11-14-7-9-16(10-8-14)20(21,22)23)27-13-18-25-12-17(28-18)15-5-3-2-4-6-15;/h2-10,12H,11,13H2,1H3,(H,25,28)(H2,24,26,27);1H. The number of guanidine groups is 1. The molecule has 154 valence electrons. The molecule has 1 aromatic heterocycles. The van der Waals surface area contributed by atoms with Gasteiger partial charge < -0.3 is 15.6 Å². The first-order valence-electron chi connectivity index (χ1n) is 8.65. The highest BCUT2D eigenvalue weighted by atomic mass is 127. The molecule has 3 N–H and O–H groups in total. The zero-order valence-corrected chi connectivity index (χ0v) is 18.0. The molecule has 0 fully saturated rings. The summed E-state index contributed by atoms with van der Waals surface area (Å²) in [5, 5.41) is 6.19. The normalized spacial score (nSPS) is 11.7. The van der Waals surface area contributed by atoms with Gasteiger partial charge in [0, 0.05) is 13.6 Å². The van der Waals surface area contributed by atoms with Gasteiger partial charge in [-0.25, -0.2) is 4.98 Å². The third kappa shape index (κ3) is 6.48. The highest BCUT2D eigenvalue weighted by Gasteiger charge is 2.29. The Hall–Kier alpha value is -2.56. The third-order valence-electron chi connectivity index (χ3n) is 4.10. The van der Waals surface area contributed by atoms with Crippen molar-refractivity contribution >= 4 is 29.9 Å². The molecule has 2 aromatic carbocycles. The molecule has 0 radical (unpaired) electrons. The van der Waals surface area contributed by atoms with E-state index in [1.165, 1.54) is 12.1 Å². The minimum atomic E-state index is -4.33. The lowest BCUT2D eigenvalue weighted by atomic mass is 10.1. The largest absolute Gasteiger partial charge is 0.416 e. The van der Waals surface area contributed by atoms with Crippen LogP contribution in [-0.2, 0) is 19.3 Å². The Morgan fingerprint density at radius 1 is 1.00 bits per heavy atom. The molecular weight excluding hydrogens is 494 g/mol. The molecule has 3 rings (SSSR count). The molecular formula is C20H21F3IN5. The lowest BCUT2D eigenvalue weighted by Gasteiger charge is -2.12. The van der Waals surface area contributed by atoms with Crippen LogP contribution in [0.15, 0.2) is 65.8 Å². The van der Waals surface area contributed by atoms with Crippen molar-refractivity contribution in [1.82, 2.24) is 20.6 Å². The molecule has 0 bridgehead atoms. The van der Waals surface area contributed by atoms with E-state index in [4.69, 9.17) is 0 Å². The van der Waals surface area contributed by atoms with Crippen LogP contribution in [0.4, 0.5) is 13.2 Å². The summed E-state index contributed by atoms with van der Waals surface area (Å²) in [5.74, 6) is 1.27. The number of nitrogens with zero attached hydrogens (tertiary/aromatic N) is 2. The first-order valence-corrected chi connectivity index (χ1v) is 8.65. The van der Waals surface area contributed by atoms with Crippen molar-refractivity contribution in [3.63, 3.8) is 0 Å². The van der Waals surface area contributed by atoms with Crippen molar-refractivity contribution in [2.45, 2.75) is 19.3 Å². The molecule has 0 aliphatic heterocycles. The summed E-state index contributed by atoms with van der Waals surface area (Å²) in [6, 6.07) is 14.9. The van der Waals surface area contributed by atoms with E-state index in [0.717, 1.165) is 34.8 Å². The third-order valence-corrected chi connectivity index (χ3v) is 4.10. The predicted octanol–water partition coefficient (Wildman–Crippen LogP) is 4.58. The molecule has 9 heteroatoms. The number of imidazole rings is 1. The van der Waals surface area contributed by atoms with Gasteiger partial charge in [-0.3, -0.25) is 4.99 Å². The molecule has 0 unspecified atom stereocenters. The highest BCUT2D eigenvalue weighted by Crippen LogP contribution is 2.29. The van der Waals surface area contributed by atoms with E-state index in [9.17, 15) is 13.2 Å². The molecule has 0 saturated carbocycles. The Kier molecular flexibility index (Phi) is 8.06. The van der Waals surface area contributed by atoms with Crippen LogP contribution in [0.25, 0.3) is 11.3 Å². The summed E-state index contributed by atoms with van der Waals surface area (Å²) in [6.07, 6.45) is -2.56. The number of hydrogen-bond acceptors (Lipinski definition) is 2.